The molecule has 0 aliphatic heterocycles. The molecule has 3 aromatic rings. The Morgan fingerprint density at radius 3 is 2.69 bits per heavy atom. The number of benzene rings is 1. The summed E-state index contributed by atoms with van der Waals surface area (Å²) in [5, 5.41) is 12.2. The van der Waals surface area contributed by atoms with Crippen LogP contribution in [0.15, 0.2) is 41.5 Å². The third-order valence-electron chi connectivity index (χ3n) is 4.00. The van der Waals surface area contributed by atoms with Gasteiger partial charge in [0.25, 0.3) is 5.56 Å². The average molecular weight is 371 g/mol. The topological polar surface area (TPSA) is 101 Å². The molecule has 0 spiro atoms. The fraction of sp³-hybridized carbons (Fsp3) is 0.222. The van der Waals surface area contributed by atoms with Crippen LogP contribution < -0.4 is 10.9 Å². The van der Waals surface area contributed by atoms with Gasteiger partial charge in [-0.1, -0.05) is 30.3 Å². The summed E-state index contributed by atoms with van der Waals surface area (Å²) >= 11 is 0.961. The summed E-state index contributed by atoms with van der Waals surface area (Å²) in [4.78, 5) is 40.5. The number of thiophene rings is 1. The van der Waals surface area contributed by atoms with Crippen LogP contribution in [-0.4, -0.2) is 33.1 Å². The van der Waals surface area contributed by atoms with Gasteiger partial charge in [-0.3, -0.25) is 14.2 Å². The van der Waals surface area contributed by atoms with E-state index in [-0.39, 0.29) is 22.7 Å². The molecule has 2 N–H and O–H groups in total. The Hall–Kier alpha value is -3.00. The second kappa shape index (κ2) is 7.49. The van der Waals surface area contributed by atoms with Crippen molar-refractivity contribution in [1.82, 2.24) is 14.9 Å². The summed E-state index contributed by atoms with van der Waals surface area (Å²) in [5.74, 6) is -1.38. The molecule has 0 aliphatic carbocycles. The minimum Gasteiger partial charge on any atom is -0.477 e. The summed E-state index contributed by atoms with van der Waals surface area (Å²) in [6.45, 7) is 1.89. The number of carboxylic acids is 1. The van der Waals surface area contributed by atoms with E-state index in [0.717, 1.165) is 16.9 Å². The monoisotopic (exact) mass is 371 g/mol. The molecule has 0 saturated carbocycles. The lowest BCUT2D eigenvalue weighted by Gasteiger charge is -2.07. The van der Waals surface area contributed by atoms with Crippen molar-refractivity contribution >= 4 is 33.4 Å². The smallest absolute Gasteiger partial charge is 0.346 e. The maximum atomic E-state index is 12.6. The molecular weight excluding hydrogens is 354 g/mol. The number of nitrogens with zero attached hydrogens (tertiary/aromatic N) is 2. The van der Waals surface area contributed by atoms with Crippen LogP contribution in [0.25, 0.3) is 10.2 Å². The number of amides is 1. The molecule has 1 aromatic carbocycles. The number of nitrogens with one attached hydrogen (secondary N) is 1. The molecule has 0 atom stereocenters. The van der Waals surface area contributed by atoms with E-state index in [1.54, 1.807) is 6.92 Å². The largest absolute Gasteiger partial charge is 0.477 e. The normalized spacial score (nSPS) is 10.8. The van der Waals surface area contributed by atoms with Gasteiger partial charge >= 0.3 is 5.97 Å². The zero-order chi connectivity index (χ0) is 18.7. The zero-order valence-electron chi connectivity index (χ0n) is 14.1. The van der Waals surface area contributed by atoms with E-state index in [1.165, 1.54) is 10.9 Å². The molecule has 0 radical (unpaired) electrons. The molecule has 0 bridgehead atoms. The summed E-state index contributed by atoms with van der Waals surface area (Å²) in [5.41, 5.74) is 1.09. The van der Waals surface area contributed by atoms with Gasteiger partial charge in [-0.25, -0.2) is 9.78 Å². The molecule has 0 fully saturated rings. The lowest BCUT2D eigenvalue weighted by Crippen LogP contribution is -2.33. The number of aryl methyl sites for hydroxylation is 1. The standard InChI is InChI=1S/C18H17N3O4S/c1-11-14-16(26-15(11)18(24)25)20-10-21(17(14)23)9-13(22)19-8-7-12-5-3-2-4-6-12/h2-6,10H,7-9H2,1H3,(H,19,22)(H,24,25). The molecule has 0 aliphatic rings. The lowest BCUT2D eigenvalue weighted by atomic mass is 10.1. The highest BCUT2D eigenvalue weighted by Gasteiger charge is 2.19. The van der Waals surface area contributed by atoms with Crippen LogP contribution in [0.4, 0.5) is 0 Å². The summed E-state index contributed by atoms with van der Waals surface area (Å²) in [6.07, 6.45) is 1.98. The number of aromatic nitrogens is 2. The number of fused-ring (bicyclic) bond motifs is 1. The van der Waals surface area contributed by atoms with Crippen molar-refractivity contribution in [2.75, 3.05) is 6.54 Å². The number of carbonyl (C=O) groups is 2. The van der Waals surface area contributed by atoms with Gasteiger partial charge in [-0.2, -0.15) is 0 Å². The molecule has 2 aromatic heterocycles. The first-order valence-electron chi connectivity index (χ1n) is 8.00. The zero-order valence-corrected chi connectivity index (χ0v) is 14.9. The Balaban J connectivity index is 1.71. The predicted molar refractivity (Wildman–Crippen MR) is 98.7 cm³/mol. The summed E-state index contributed by atoms with van der Waals surface area (Å²) in [7, 11) is 0. The van der Waals surface area contributed by atoms with Crippen molar-refractivity contribution in [3.63, 3.8) is 0 Å². The van der Waals surface area contributed by atoms with E-state index in [2.05, 4.69) is 10.3 Å². The highest BCUT2D eigenvalue weighted by atomic mass is 32.1. The molecule has 0 saturated heterocycles. The number of aromatic carboxylic acids is 1. The highest BCUT2D eigenvalue weighted by molar-refractivity contribution is 7.20. The molecule has 2 heterocycles. The highest BCUT2D eigenvalue weighted by Crippen LogP contribution is 2.26. The van der Waals surface area contributed by atoms with Crippen molar-refractivity contribution in [2.45, 2.75) is 19.9 Å². The minimum absolute atomic E-state index is 0.0923. The third kappa shape index (κ3) is 3.65. The Kier molecular flexibility index (Phi) is 5.13. The van der Waals surface area contributed by atoms with Crippen LogP contribution in [0, 0.1) is 6.92 Å². The van der Waals surface area contributed by atoms with E-state index in [4.69, 9.17) is 0 Å². The Labute approximate surface area is 152 Å². The number of carboxylic acid groups (broad SMARTS) is 1. The van der Waals surface area contributed by atoms with Crippen molar-refractivity contribution in [3.05, 3.63) is 63.0 Å². The first-order valence-corrected chi connectivity index (χ1v) is 8.81. The van der Waals surface area contributed by atoms with Gasteiger partial charge < -0.3 is 10.4 Å². The molecule has 26 heavy (non-hydrogen) atoms. The molecular formula is C18H17N3O4S. The number of rotatable bonds is 6. The molecule has 0 unspecified atom stereocenters. The van der Waals surface area contributed by atoms with Gasteiger partial charge in [-0.05, 0) is 24.5 Å². The Morgan fingerprint density at radius 1 is 1.27 bits per heavy atom. The van der Waals surface area contributed by atoms with E-state index in [0.29, 0.717) is 23.4 Å². The van der Waals surface area contributed by atoms with Crippen LogP contribution >= 0.6 is 11.3 Å². The first-order chi connectivity index (χ1) is 12.5. The van der Waals surface area contributed by atoms with E-state index in [1.807, 2.05) is 30.3 Å². The Morgan fingerprint density at radius 2 is 2.00 bits per heavy atom. The maximum Gasteiger partial charge on any atom is 0.346 e. The van der Waals surface area contributed by atoms with Crippen LogP contribution in [0.1, 0.15) is 20.8 Å². The van der Waals surface area contributed by atoms with Gasteiger partial charge in [0.1, 0.15) is 16.3 Å². The number of hydrogen-bond donors (Lipinski definition) is 2. The van der Waals surface area contributed by atoms with Gasteiger partial charge in [0.15, 0.2) is 0 Å². The minimum atomic E-state index is -1.09. The van der Waals surface area contributed by atoms with Gasteiger partial charge in [0.05, 0.1) is 11.7 Å². The van der Waals surface area contributed by atoms with Crippen LogP contribution in [0.5, 0.6) is 0 Å². The summed E-state index contributed by atoms with van der Waals surface area (Å²) in [6, 6.07) is 9.76. The van der Waals surface area contributed by atoms with E-state index in [9.17, 15) is 19.5 Å². The van der Waals surface area contributed by atoms with E-state index >= 15 is 0 Å². The van der Waals surface area contributed by atoms with Crippen molar-refractivity contribution in [3.8, 4) is 0 Å². The Bertz CT molecular complexity index is 1020. The van der Waals surface area contributed by atoms with Gasteiger partial charge in [-0.15, -0.1) is 11.3 Å². The fourth-order valence-electron chi connectivity index (χ4n) is 2.68. The number of carbonyl (C=O) groups excluding carboxylic acids is 1. The quantitative estimate of drug-likeness (QED) is 0.688. The molecule has 7 nitrogen and oxygen atoms in total. The predicted octanol–water partition coefficient (Wildman–Crippen LogP) is 1.82. The van der Waals surface area contributed by atoms with Crippen LogP contribution in [-0.2, 0) is 17.8 Å². The first kappa shape index (κ1) is 17.8. The average Bonchev–Trinajstić information content (AvgIpc) is 2.96. The second-order valence-corrected chi connectivity index (χ2v) is 6.80. The summed E-state index contributed by atoms with van der Waals surface area (Å²) < 4.78 is 1.20. The molecule has 3 rings (SSSR count). The van der Waals surface area contributed by atoms with Gasteiger partial charge in [0.2, 0.25) is 5.91 Å². The maximum absolute atomic E-state index is 12.6. The van der Waals surface area contributed by atoms with E-state index < -0.39 is 11.5 Å². The fourth-order valence-corrected chi connectivity index (χ4v) is 3.66. The third-order valence-corrected chi connectivity index (χ3v) is 5.19. The molecule has 1 amide bonds. The molecule has 8 heteroatoms. The lowest BCUT2D eigenvalue weighted by molar-refractivity contribution is -0.121. The second-order valence-electron chi connectivity index (χ2n) is 5.80. The molecule has 134 valence electrons. The van der Waals surface area contributed by atoms with Crippen molar-refractivity contribution in [1.29, 1.82) is 0 Å². The van der Waals surface area contributed by atoms with Gasteiger partial charge in [0, 0.05) is 6.54 Å². The van der Waals surface area contributed by atoms with Crippen LogP contribution in [0.3, 0.4) is 0 Å². The SMILES string of the molecule is Cc1c(C(=O)O)sc2ncn(CC(=O)NCCc3ccccc3)c(=O)c12. The van der Waals surface area contributed by atoms with Crippen molar-refractivity contribution < 1.29 is 14.7 Å². The van der Waals surface area contributed by atoms with Crippen molar-refractivity contribution in [2.24, 2.45) is 0 Å². The number of hydrogen-bond acceptors (Lipinski definition) is 5. The van der Waals surface area contributed by atoms with Crippen LogP contribution in [0.2, 0.25) is 0 Å².